The van der Waals surface area contributed by atoms with Crippen LogP contribution in [-0.2, 0) is 4.79 Å². The molecule has 0 saturated heterocycles. The molecule has 2 rings (SSSR count). The highest BCUT2D eigenvalue weighted by atomic mass is 35.6. The third kappa shape index (κ3) is 7.16. The van der Waals surface area contributed by atoms with Crippen molar-refractivity contribution in [2.45, 2.75) is 16.9 Å². The van der Waals surface area contributed by atoms with Crippen LogP contribution in [0, 0.1) is 0 Å². The number of halogens is 3. The lowest BCUT2D eigenvalue weighted by molar-refractivity contribution is -0.114. The molecular weight excluding hydrogens is 443 g/mol. The minimum atomic E-state index is -1.86. The molecule has 2 aromatic carbocycles. The Morgan fingerprint density at radius 2 is 1.43 bits per heavy atom. The maximum atomic E-state index is 12.3. The number of amides is 2. The highest BCUT2D eigenvalue weighted by Crippen LogP contribution is 2.29. The third-order valence-corrected chi connectivity index (χ3v) is 4.25. The molecule has 1 atom stereocenters. The van der Waals surface area contributed by atoms with E-state index in [0.29, 0.717) is 16.9 Å². The van der Waals surface area contributed by atoms with E-state index in [9.17, 15) is 9.59 Å². The molecule has 6 nitrogen and oxygen atoms in total. The van der Waals surface area contributed by atoms with Gasteiger partial charge in [-0.1, -0.05) is 53.0 Å². The average molecular weight is 460 g/mol. The van der Waals surface area contributed by atoms with Gasteiger partial charge in [0.25, 0.3) is 5.91 Å². The van der Waals surface area contributed by atoms with E-state index in [4.69, 9.17) is 47.0 Å². The summed E-state index contributed by atoms with van der Waals surface area (Å²) in [4.78, 5) is 23.4. The summed E-state index contributed by atoms with van der Waals surface area (Å²) in [5, 5.41) is 11.1. The van der Waals surface area contributed by atoms with Gasteiger partial charge in [0.1, 0.15) is 6.17 Å². The van der Waals surface area contributed by atoms with Crippen LogP contribution in [0.3, 0.4) is 0 Å². The Hall–Kier alpha value is -2.06. The fraction of sp³-hybridized carbons (Fsp3) is 0.167. The lowest BCUT2D eigenvalue weighted by Gasteiger charge is -2.27. The van der Waals surface area contributed by atoms with E-state index in [1.165, 1.54) is 6.92 Å². The number of carbonyl (C=O) groups excluding carboxylic acids is 2. The van der Waals surface area contributed by atoms with E-state index < -0.39 is 15.9 Å². The van der Waals surface area contributed by atoms with Crippen LogP contribution in [0.4, 0.5) is 11.4 Å². The predicted molar refractivity (Wildman–Crippen MR) is 118 cm³/mol. The van der Waals surface area contributed by atoms with Crippen molar-refractivity contribution in [3.05, 3.63) is 60.2 Å². The summed E-state index contributed by atoms with van der Waals surface area (Å²) in [5.41, 5.74) is 1.70. The Bertz CT molecular complexity index is 842. The standard InChI is InChI=1S/C18H17Cl3N4O2S/c1-11(26)22-13-7-9-14(10-8-13)23-17(28)25-16(18(19,20)21)24-15(27)12-5-3-2-4-6-12/h2-10,16H,1H3,(H,22,26)(H,24,27)(H2,23,25,28)/t16-/m0/s1. The molecule has 28 heavy (non-hydrogen) atoms. The number of carbonyl (C=O) groups is 2. The summed E-state index contributed by atoms with van der Waals surface area (Å²) in [6.07, 6.45) is -1.08. The van der Waals surface area contributed by atoms with Crippen LogP contribution in [0.5, 0.6) is 0 Å². The van der Waals surface area contributed by atoms with Crippen molar-refractivity contribution in [1.82, 2.24) is 10.6 Å². The summed E-state index contributed by atoms with van der Waals surface area (Å²) < 4.78 is -1.86. The molecular formula is C18H17Cl3N4O2S. The van der Waals surface area contributed by atoms with Crippen LogP contribution in [-0.4, -0.2) is 26.9 Å². The van der Waals surface area contributed by atoms with Crippen molar-refractivity contribution in [2.75, 3.05) is 10.6 Å². The van der Waals surface area contributed by atoms with Crippen molar-refractivity contribution < 1.29 is 9.59 Å². The second kappa shape index (κ2) is 9.93. The highest BCUT2D eigenvalue weighted by molar-refractivity contribution is 7.80. The molecule has 0 saturated carbocycles. The molecule has 0 aliphatic heterocycles. The second-order valence-electron chi connectivity index (χ2n) is 5.67. The number of alkyl halides is 3. The zero-order valence-electron chi connectivity index (χ0n) is 14.6. The molecule has 0 aliphatic rings. The molecule has 2 amide bonds. The van der Waals surface area contributed by atoms with Gasteiger partial charge in [-0.05, 0) is 48.6 Å². The first-order valence-electron chi connectivity index (χ1n) is 8.03. The van der Waals surface area contributed by atoms with Gasteiger partial charge in [-0.15, -0.1) is 0 Å². The van der Waals surface area contributed by atoms with Crippen LogP contribution < -0.4 is 21.3 Å². The average Bonchev–Trinajstić information content (AvgIpc) is 2.62. The number of hydrogen-bond donors (Lipinski definition) is 4. The van der Waals surface area contributed by atoms with Crippen LogP contribution in [0.15, 0.2) is 54.6 Å². The van der Waals surface area contributed by atoms with E-state index in [1.807, 2.05) is 0 Å². The van der Waals surface area contributed by atoms with E-state index in [1.54, 1.807) is 54.6 Å². The van der Waals surface area contributed by atoms with Crippen LogP contribution in [0.25, 0.3) is 0 Å². The van der Waals surface area contributed by atoms with Crippen molar-refractivity contribution in [1.29, 1.82) is 0 Å². The lowest BCUT2D eigenvalue weighted by Crippen LogP contribution is -2.56. The number of rotatable bonds is 5. The first kappa shape index (κ1) is 22.2. The zero-order chi connectivity index (χ0) is 20.7. The third-order valence-electron chi connectivity index (χ3n) is 3.38. The Morgan fingerprint density at radius 3 is 1.93 bits per heavy atom. The predicted octanol–water partition coefficient (Wildman–Crippen LogP) is 4.06. The Morgan fingerprint density at radius 1 is 0.893 bits per heavy atom. The molecule has 0 aromatic heterocycles. The van der Waals surface area contributed by atoms with Gasteiger partial charge in [0.2, 0.25) is 9.70 Å². The molecule has 10 heteroatoms. The molecule has 2 aromatic rings. The minimum absolute atomic E-state index is 0.136. The maximum absolute atomic E-state index is 12.3. The molecule has 0 radical (unpaired) electrons. The van der Waals surface area contributed by atoms with Crippen LogP contribution in [0.2, 0.25) is 0 Å². The van der Waals surface area contributed by atoms with Gasteiger partial charge in [0.05, 0.1) is 0 Å². The van der Waals surface area contributed by atoms with Crippen LogP contribution in [0.1, 0.15) is 17.3 Å². The Kier molecular flexibility index (Phi) is 7.88. The number of nitrogens with one attached hydrogen (secondary N) is 4. The monoisotopic (exact) mass is 458 g/mol. The van der Waals surface area contributed by atoms with Gasteiger partial charge >= 0.3 is 0 Å². The number of anilines is 2. The fourth-order valence-electron chi connectivity index (χ4n) is 2.14. The fourth-order valence-corrected chi connectivity index (χ4v) is 2.71. The summed E-state index contributed by atoms with van der Waals surface area (Å²) in [6.45, 7) is 1.42. The second-order valence-corrected chi connectivity index (χ2v) is 8.45. The summed E-state index contributed by atoms with van der Waals surface area (Å²) >= 11 is 23.2. The molecule has 148 valence electrons. The normalized spacial score (nSPS) is 11.9. The first-order chi connectivity index (χ1) is 13.1. The maximum Gasteiger partial charge on any atom is 0.252 e. The van der Waals surface area contributed by atoms with Gasteiger partial charge < -0.3 is 21.3 Å². The molecule has 0 bridgehead atoms. The van der Waals surface area contributed by atoms with E-state index in [-0.39, 0.29) is 11.0 Å². The van der Waals surface area contributed by atoms with Gasteiger partial charge in [-0.25, -0.2) is 0 Å². The van der Waals surface area contributed by atoms with Gasteiger partial charge in [-0.3, -0.25) is 9.59 Å². The number of benzene rings is 2. The Labute approximate surface area is 182 Å². The molecule has 4 N–H and O–H groups in total. The van der Waals surface area contributed by atoms with Gasteiger partial charge in [0, 0.05) is 23.9 Å². The smallest absolute Gasteiger partial charge is 0.252 e. The molecule has 0 fully saturated rings. The zero-order valence-corrected chi connectivity index (χ0v) is 17.7. The quantitative estimate of drug-likeness (QED) is 0.308. The Balaban J connectivity index is 2.01. The summed E-state index contributed by atoms with van der Waals surface area (Å²) in [5.74, 6) is -0.593. The van der Waals surface area contributed by atoms with Crippen molar-refractivity contribution in [2.24, 2.45) is 0 Å². The highest BCUT2D eigenvalue weighted by Gasteiger charge is 2.34. The van der Waals surface area contributed by atoms with Gasteiger partial charge in [0.15, 0.2) is 5.11 Å². The first-order valence-corrected chi connectivity index (χ1v) is 9.57. The lowest BCUT2D eigenvalue weighted by atomic mass is 10.2. The number of thiocarbonyl (C=S) groups is 1. The summed E-state index contributed by atoms with van der Waals surface area (Å²) in [7, 11) is 0. The van der Waals surface area contributed by atoms with Gasteiger partial charge in [-0.2, -0.15) is 0 Å². The molecule has 0 unspecified atom stereocenters. The number of hydrogen-bond acceptors (Lipinski definition) is 3. The molecule has 0 aliphatic carbocycles. The van der Waals surface area contributed by atoms with Crippen LogP contribution >= 0.6 is 47.0 Å². The largest absolute Gasteiger partial charge is 0.339 e. The van der Waals surface area contributed by atoms with E-state index in [0.717, 1.165) is 0 Å². The topological polar surface area (TPSA) is 82.3 Å². The summed E-state index contributed by atoms with van der Waals surface area (Å²) in [6, 6.07) is 15.4. The SMILES string of the molecule is CC(=O)Nc1ccc(NC(=S)N[C@H](NC(=O)c2ccccc2)C(Cl)(Cl)Cl)cc1. The van der Waals surface area contributed by atoms with Crippen molar-refractivity contribution in [3.63, 3.8) is 0 Å². The van der Waals surface area contributed by atoms with Crippen molar-refractivity contribution in [3.8, 4) is 0 Å². The minimum Gasteiger partial charge on any atom is -0.339 e. The van der Waals surface area contributed by atoms with E-state index >= 15 is 0 Å². The van der Waals surface area contributed by atoms with E-state index in [2.05, 4.69) is 21.3 Å². The molecule has 0 spiro atoms. The molecule has 0 heterocycles. The van der Waals surface area contributed by atoms with Crippen molar-refractivity contribution >= 4 is 75.3 Å².